The number of carboxylic acid groups (broad SMARTS) is 1. The molecule has 8 heteroatoms. The highest BCUT2D eigenvalue weighted by molar-refractivity contribution is 5.91. The molecule has 1 saturated heterocycles. The Labute approximate surface area is 131 Å². The van der Waals surface area contributed by atoms with Gasteiger partial charge in [-0.25, -0.2) is 0 Å². The molecule has 1 aromatic heterocycles. The largest absolute Gasteiger partial charge is 0.497 e. The van der Waals surface area contributed by atoms with Crippen LogP contribution in [0, 0.1) is 5.92 Å². The van der Waals surface area contributed by atoms with Crippen LogP contribution in [0.5, 0.6) is 5.75 Å². The van der Waals surface area contributed by atoms with E-state index in [0.29, 0.717) is 24.3 Å². The number of aliphatic carboxylic acids is 1. The summed E-state index contributed by atoms with van der Waals surface area (Å²) >= 11 is 0. The van der Waals surface area contributed by atoms with Crippen molar-refractivity contribution in [2.75, 3.05) is 20.2 Å². The van der Waals surface area contributed by atoms with Crippen molar-refractivity contribution in [2.24, 2.45) is 5.92 Å². The third kappa shape index (κ3) is 3.01. The number of ether oxygens (including phenoxy) is 1. The van der Waals surface area contributed by atoms with E-state index in [-0.39, 0.29) is 18.3 Å². The van der Waals surface area contributed by atoms with Crippen LogP contribution in [0.2, 0.25) is 0 Å². The van der Waals surface area contributed by atoms with Gasteiger partial charge >= 0.3 is 5.97 Å². The lowest BCUT2D eigenvalue weighted by Crippen LogP contribution is -2.30. The van der Waals surface area contributed by atoms with Crippen molar-refractivity contribution in [3.8, 4) is 17.2 Å². The van der Waals surface area contributed by atoms with Gasteiger partial charge in [0.05, 0.1) is 13.0 Å². The molecular weight excluding hydrogens is 302 g/mol. The van der Waals surface area contributed by atoms with E-state index in [1.165, 1.54) is 4.90 Å². The number of carboxylic acids is 1. The molecule has 1 atom stereocenters. The van der Waals surface area contributed by atoms with Crippen molar-refractivity contribution in [3.05, 3.63) is 30.1 Å². The number of rotatable bonds is 4. The molecule has 3 rings (SSSR count). The van der Waals surface area contributed by atoms with Crippen LogP contribution in [0.1, 0.15) is 17.0 Å². The van der Waals surface area contributed by atoms with Crippen molar-refractivity contribution in [3.63, 3.8) is 0 Å². The number of carbonyl (C=O) groups is 2. The highest BCUT2D eigenvalue weighted by Gasteiger charge is 2.33. The number of nitrogens with zero attached hydrogens (tertiary/aromatic N) is 3. The van der Waals surface area contributed by atoms with E-state index < -0.39 is 17.8 Å². The van der Waals surface area contributed by atoms with Gasteiger partial charge in [0.2, 0.25) is 0 Å². The van der Waals surface area contributed by atoms with E-state index in [1.807, 2.05) is 0 Å². The predicted molar refractivity (Wildman–Crippen MR) is 77.9 cm³/mol. The summed E-state index contributed by atoms with van der Waals surface area (Å²) in [5.74, 6) is -1.09. The van der Waals surface area contributed by atoms with Crippen LogP contribution in [0.25, 0.3) is 11.5 Å². The zero-order valence-electron chi connectivity index (χ0n) is 12.4. The number of hydrogen-bond acceptors (Lipinski definition) is 6. The fourth-order valence-corrected chi connectivity index (χ4v) is 2.47. The van der Waals surface area contributed by atoms with Crippen LogP contribution >= 0.6 is 0 Å². The average molecular weight is 317 g/mol. The fraction of sp³-hybridized carbons (Fsp3) is 0.333. The van der Waals surface area contributed by atoms with Crippen molar-refractivity contribution in [1.82, 2.24) is 15.0 Å². The fourth-order valence-electron chi connectivity index (χ4n) is 2.47. The summed E-state index contributed by atoms with van der Waals surface area (Å²) in [5, 5.41) is 12.7. The molecule has 1 fully saturated rings. The van der Waals surface area contributed by atoms with E-state index in [1.54, 1.807) is 31.4 Å². The number of aromatic nitrogens is 2. The number of hydrogen-bond donors (Lipinski definition) is 1. The first kappa shape index (κ1) is 15.0. The Morgan fingerprint density at radius 1 is 1.43 bits per heavy atom. The number of benzene rings is 1. The summed E-state index contributed by atoms with van der Waals surface area (Å²) in [6, 6.07) is 7.04. The molecule has 1 N–H and O–H groups in total. The van der Waals surface area contributed by atoms with E-state index >= 15 is 0 Å². The molecule has 0 aliphatic carbocycles. The maximum absolute atomic E-state index is 12.3. The summed E-state index contributed by atoms with van der Waals surface area (Å²) in [5.41, 5.74) is 0.640. The summed E-state index contributed by atoms with van der Waals surface area (Å²) in [6.45, 7) is 0.538. The van der Waals surface area contributed by atoms with E-state index in [9.17, 15) is 9.59 Å². The second-order valence-corrected chi connectivity index (χ2v) is 5.23. The molecule has 1 amide bonds. The molecule has 0 radical (unpaired) electrons. The van der Waals surface area contributed by atoms with Gasteiger partial charge in [0.15, 0.2) is 0 Å². The molecule has 0 spiro atoms. The Morgan fingerprint density at radius 2 is 2.26 bits per heavy atom. The SMILES string of the molecule is COc1cccc(-c2nc(C(=O)N3CCC(C(=O)O)C3)no2)c1. The summed E-state index contributed by atoms with van der Waals surface area (Å²) in [6.07, 6.45) is 0.432. The van der Waals surface area contributed by atoms with Crippen molar-refractivity contribution in [2.45, 2.75) is 6.42 Å². The minimum Gasteiger partial charge on any atom is -0.497 e. The second-order valence-electron chi connectivity index (χ2n) is 5.23. The van der Waals surface area contributed by atoms with Crippen molar-refractivity contribution < 1.29 is 24.0 Å². The van der Waals surface area contributed by atoms with Gasteiger partial charge in [0, 0.05) is 18.7 Å². The third-order valence-corrected chi connectivity index (χ3v) is 3.76. The average Bonchev–Trinajstić information content (AvgIpc) is 3.24. The van der Waals surface area contributed by atoms with Crippen LogP contribution < -0.4 is 4.74 Å². The number of carbonyl (C=O) groups excluding carboxylic acids is 1. The van der Waals surface area contributed by atoms with E-state index in [0.717, 1.165) is 0 Å². The van der Waals surface area contributed by atoms with Crippen LogP contribution in [0.15, 0.2) is 28.8 Å². The molecule has 2 aromatic rings. The first-order valence-corrected chi connectivity index (χ1v) is 7.08. The smallest absolute Gasteiger partial charge is 0.308 e. The number of amides is 1. The van der Waals surface area contributed by atoms with Crippen LogP contribution in [0.4, 0.5) is 0 Å². The minimum atomic E-state index is -0.898. The van der Waals surface area contributed by atoms with Gasteiger partial charge in [-0.1, -0.05) is 11.2 Å². The Morgan fingerprint density at radius 3 is 2.96 bits per heavy atom. The van der Waals surface area contributed by atoms with Crippen molar-refractivity contribution >= 4 is 11.9 Å². The Bertz CT molecular complexity index is 742. The van der Waals surface area contributed by atoms with Crippen LogP contribution in [0.3, 0.4) is 0 Å². The Hall–Kier alpha value is -2.90. The molecule has 1 aliphatic rings. The van der Waals surface area contributed by atoms with Gasteiger partial charge in [-0.15, -0.1) is 0 Å². The second kappa shape index (κ2) is 6.07. The molecule has 1 aliphatic heterocycles. The Balaban J connectivity index is 1.76. The van der Waals surface area contributed by atoms with E-state index in [2.05, 4.69) is 10.1 Å². The Kier molecular flexibility index (Phi) is 3.96. The van der Waals surface area contributed by atoms with Gasteiger partial charge in [0.1, 0.15) is 5.75 Å². The predicted octanol–water partition coefficient (Wildman–Crippen LogP) is 1.29. The number of likely N-dealkylation sites (tertiary alicyclic amines) is 1. The first-order valence-electron chi connectivity index (χ1n) is 7.08. The lowest BCUT2D eigenvalue weighted by atomic mass is 10.1. The molecule has 0 bridgehead atoms. The number of methoxy groups -OCH3 is 1. The van der Waals surface area contributed by atoms with Gasteiger partial charge in [-0.3, -0.25) is 9.59 Å². The molecule has 1 unspecified atom stereocenters. The monoisotopic (exact) mass is 317 g/mol. The maximum Gasteiger partial charge on any atom is 0.308 e. The standard InChI is InChI=1S/C15H15N3O5/c1-22-11-4-2-3-9(7-11)13-16-12(17-23-13)14(19)18-6-5-10(8-18)15(20)21/h2-4,7,10H,5-6,8H2,1H3,(H,20,21). The molecule has 23 heavy (non-hydrogen) atoms. The molecule has 120 valence electrons. The summed E-state index contributed by atoms with van der Waals surface area (Å²) in [4.78, 5) is 28.8. The zero-order chi connectivity index (χ0) is 16.4. The van der Waals surface area contributed by atoms with Crippen molar-refractivity contribution in [1.29, 1.82) is 0 Å². The van der Waals surface area contributed by atoms with Gasteiger partial charge < -0.3 is 19.3 Å². The molecule has 8 nitrogen and oxygen atoms in total. The lowest BCUT2D eigenvalue weighted by Gasteiger charge is -2.12. The topological polar surface area (TPSA) is 106 Å². The van der Waals surface area contributed by atoms with Crippen LogP contribution in [-0.4, -0.2) is 52.2 Å². The minimum absolute atomic E-state index is 0.0751. The zero-order valence-corrected chi connectivity index (χ0v) is 12.4. The molecule has 1 aromatic carbocycles. The first-order chi connectivity index (χ1) is 11.1. The van der Waals surface area contributed by atoms with E-state index in [4.69, 9.17) is 14.4 Å². The van der Waals surface area contributed by atoms with Crippen LogP contribution in [-0.2, 0) is 4.79 Å². The lowest BCUT2D eigenvalue weighted by molar-refractivity contribution is -0.141. The molecule has 2 heterocycles. The van der Waals surface area contributed by atoms with Gasteiger partial charge in [-0.05, 0) is 24.6 Å². The molecular formula is C15H15N3O5. The molecule has 0 saturated carbocycles. The third-order valence-electron chi connectivity index (χ3n) is 3.76. The maximum atomic E-state index is 12.3. The normalized spacial score (nSPS) is 17.3. The van der Waals surface area contributed by atoms with Gasteiger partial charge in [-0.2, -0.15) is 4.98 Å². The quantitative estimate of drug-likeness (QED) is 0.905. The summed E-state index contributed by atoms with van der Waals surface area (Å²) in [7, 11) is 1.55. The highest BCUT2D eigenvalue weighted by atomic mass is 16.5. The summed E-state index contributed by atoms with van der Waals surface area (Å²) < 4.78 is 10.3. The highest BCUT2D eigenvalue weighted by Crippen LogP contribution is 2.23. The van der Waals surface area contributed by atoms with Gasteiger partial charge in [0.25, 0.3) is 17.6 Å².